The van der Waals surface area contributed by atoms with Crippen LogP contribution in [0.5, 0.6) is 17.5 Å². The smallest absolute Gasteiger partial charge is 0.358 e. The number of methoxy groups -OCH3 is 2. The number of carbonyl (C=O) groups excluding carboxylic acids is 1. The van der Waals surface area contributed by atoms with E-state index >= 15 is 0 Å². The highest BCUT2D eigenvalue weighted by molar-refractivity contribution is 9.11. The minimum Gasteiger partial charge on any atom is -0.480 e. The van der Waals surface area contributed by atoms with Gasteiger partial charge in [0.15, 0.2) is 5.69 Å². The number of nitriles is 1. The van der Waals surface area contributed by atoms with Crippen molar-refractivity contribution in [3.05, 3.63) is 55.7 Å². The van der Waals surface area contributed by atoms with Gasteiger partial charge in [-0.15, -0.1) is 0 Å². The number of carbonyl (C=O) groups is 1. The lowest BCUT2D eigenvalue weighted by atomic mass is 10.1. The van der Waals surface area contributed by atoms with E-state index in [1.54, 1.807) is 18.2 Å². The molecular formula is C21H17Br2N5O4. The Kier molecular flexibility index (Phi) is 7.27. The Morgan fingerprint density at radius 3 is 2.34 bits per heavy atom. The van der Waals surface area contributed by atoms with Crippen molar-refractivity contribution < 1.29 is 19.0 Å². The van der Waals surface area contributed by atoms with Crippen LogP contribution in [0.25, 0.3) is 0 Å². The molecule has 0 aliphatic rings. The van der Waals surface area contributed by atoms with Crippen LogP contribution < -0.4 is 14.8 Å². The molecule has 0 aliphatic heterocycles. The van der Waals surface area contributed by atoms with Gasteiger partial charge in [0, 0.05) is 0 Å². The Labute approximate surface area is 201 Å². The van der Waals surface area contributed by atoms with Crippen molar-refractivity contribution in [3.8, 4) is 23.6 Å². The van der Waals surface area contributed by atoms with E-state index in [4.69, 9.17) is 19.5 Å². The van der Waals surface area contributed by atoms with Gasteiger partial charge in [0.25, 0.3) is 0 Å². The number of hydrogen-bond acceptors (Lipinski definition) is 9. The number of benzene rings is 1. The number of pyridine rings is 1. The number of esters is 1. The topological polar surface area (TPSA) is 119 Å². The lowest BCUT2D eigenvalue weighted by molar-refractivity contribution is 0.0592. The molecule has 9 nitrogen and oxygen atoms in total. The van der Waals surface area contributed by atoms with Gasteiger partial charge in [-0.05, 0) is 75.0 Å². The Morgan fingerprint density at radius 1 is 1.09 bits per heavy atom. The van der Waals surface area contributed by atoms with Crippen molar-refractivity contribution >= 4 is 49.5 Å². The monoisotopic (exact) mass is 561 g/mol. The zero-order valence-corrected chi connectivity index (χ0v) is 20.7. The molecule has 32 heavy (non-hydrogen) atoms. The quantitative estimate of drug-likeness (QED) is 0.403. The summed E-state index contributed by atoms with van der Waals surface area (Å²) in [7, 11) is 2.77. The van der Waals surface area contributed by atoms with E-state index in [1.165, 1.54) is 20.4 Å². The molecule has 0 fully saturated rings. The van der Waals surface area contributed by atoms with Gasteiger partial charge in [0.05, 0.1) is 42.2 Å². The van der Waals surface area contributed by atoms with Crippen LogP contribution in [0.2, 0.25) is 0 Å². The van der Waals surface area contributed by atoms with Crippen LogP contribution in [0.3, 0.4) is 0 Å². The van der Waals surface area contributed by atoms with Crippen molar-refractivity contribution in [2.24, 2.45) is 0 Å². The zero-order chi connectivity index (χ0) is 23.4. The second kappa shape index (κ2) is 9.93. The molecule has 0 spiro atoms. The van der Waals surface area contributed by atoms with Crippen molar-refractivity contribution in [2.45, 2.75) is 13.8 Å². The van der Waals surface area contributed by atoms with E-state index in [1.807, 2.05) is 13.8 Å². The van der Waals surface area contributed by atoms with Crippen LogP contribution >= 0.6 is 31.9 Å². The van der Waals surface area contributed by atoms with Crippen LogP contribution in [-0.4, -0.2) is 35.1 Å². The lowest BCUT2D eigenvalue weighted by Gasteiger charge is -2.15. The molecule has 0 unspecified atom stereocenters. The fourth-order valence-electron chi connectivity index (χ4n) is 2.83. The Morgan fingerprint density at radius 2 is 1.78 bits per heavy atom. The van der Waals surface area contributed by atoms with Crippen molar-refractivity contribution in [3.63, 3.8) is 0 Å². The first-order valence-electron chi connectivity index (χ1n) is 9.09. The van der Waals surface area contributed by atoms with Gasteiger partial charge in [-0.3, -0.25) is 0 Å². The summed E-state index contributed by atoms with van der Waals surface area (Å²) in [4.78, 5) is 25.1. The maximum Gasteiger partial charge on any atom is 0.358 e. The summed E-state index contributed by atoms with van der Waals surface area (Å²) < 4.78 is 16.9. The third kappa shape index (κ3) is 4.98. The average Bonchev–Trinajstić information content (AvgIpc) is 2.77. The molecule has 0 saturated carbocycles. The van der Waals surface area contributed by atoms with E-state index in [2.05, 4.69) is 58.2 Å². The second-order valence-corrected chi connectivity index (χ2v) is 8.15. The summed E-state index contributed by atoms with van der Waals surface area (Å²) in [5, 5.41) is 12.2. The first kappa shape index (κ1) is 23.4. The molecular weight excluding hydrogens is 546 g/mol. The normalized spacial score (nSPS) is 10.3. The molecule has 2 heterocycles. The van der Waals surface area contributed by atoms with Crippen LogP contribution in [0, 0.1) is 25.2 Å². The second-order valence-electron chi connectivity index (χ2n) is 6.50. The van der Waals surface area contributed by atoms with Gasteiger partial charge >= 0.3 is 5.97 Å². The summed E-state index contributed by atoms with van der Waals surface area (Å²) in [6, 6.07) is 7.25. The Bertz CT molecular complexity index is 1220. The summed E-state index contributed by atoms with van der Waals surface area (Å²) in [5.41, 5.74) is 2.52. The molecule has 3 aromatic rings. The number of aryl methyl sites for hydroxylation is 2. The van der Waals surface area contributed by atoms with Crippen molar-refractivity contribution in [1.29, 1.82) is 5.26 Å². The molecule has 0 radical (unpaired) electrons. The molecule has 0 amide bonds. The number of halogens is 2. The molecule has 3 rings (SSSR count). The number of ether oxygens (including phenoxy) is 3. The maximum atomic E-state index is 12.3. The molecule has 1 aromatic carbocycles. The first-order chi connectivity index (χ1) is 15.3. The third-order valence-electron chi connectivity index (χ3n) is 4.24. The molecule has 11 heteroatoms. The van der Waals surface area contributed by atoms with Crippen molar-refractivity contribution in [1.82, 2.24) is 15.0 Å². The van der Waals surface area contributed by atoms with E-state index in [0.29, 0.717) is 27.4 Å². The van der Waals surface area contributed by atoms with E-state index in [0.717, 1.165) is 11.1 Å². The van der Waals surface area contributed by atoms with Gasteiger partial charge in [0.2, 0.25) is 17.7 Å². The van der Waals surface area contributed by atoms with Crippen LogP contribution in [-0.2, 0) is 4.74 Å². The number of rotatable bonds is 6. The van der Waals surface area contributed by atoms with E-state index in [-0.39, 0.29) is 22.0 Å². The summed E-state index contributed by atoms with van der Waals surface area (Å²) >= 11 is 6.71. The van der Waals surface area contributed by atoms with Gasteiger partial charge < -0.3 is 19.5 Å². The number of aromatic nitrogens is 3. The van der Waals surface area contributed by atoms with Crippen molar-refractivity contribution in [2.75, 3.05) is 19.5 Å². The van der Waals surface area contributed by atoms with Gasteiger partial charge in [-0.1, -0.05) is 0 Å². The molecule has 1 N–H and O–H groups in total. The SMILES string of the molecule is COC(=O)c1nc(Nc2cnc(OC)c(Br)c2)nc(Oc2c(C)cc(C#N)cc2C)c1Br. The Balaban J connectivity index is 2.06. The highest BCUT2D eigenvalue weighted by atomic mass is 79.9. The zero-order valence-electron chi connectivity index (χ0n) is 17.5. The van der Waals surface area contributed by atoms with Crippen LogP contribution in [0.15, 0.2) is 33.3 Å². The fraction of sp³-hybridized carbons (Fsp3) is 0.190. The summed E-state index contributed by atoms with van der Waals surface area (Å²) in [5.74, 6) is 0.442. The highest BCUT2D eigenvalue weighted by Crippen LogP contribution is 2.36. The number of nitrogens with zero attached hydrogens (tertiary/aromatic N) is 4. The predicted molar refractivity (Wildman–Crippen MR) is 124 cm³/mol. The number of anilines is 2. The molecule has 2 aromatic heterocycles. The molecule has 0 atom stereocenters. The van der Waals surface area contributed by atoms with Crippen LogP contribution in [0.1, 0.15) is 27.2 Å². The number of hydrogen-bond donors (Lipinski definition) is 1. The van der Waals surface area contributed by atoms with Gasteiger partial charge in [-0.25, -0.2) is 14.8 Å². The minimum absolute atomic E-state index is 0.0236. The first-order valence-corrected chi connectivity index (χ1v) is 10.7. The average molecular weight is 563 g/mol. The molecule has 0 bridgehead atoms. The van der Waals surface area contributed by atoms with E-state index < -0.39 is 5.97 Å². The lowest BCUT2D eigenvalue weighted by Crippen LogP contribution is -2.11. The fourth-order valence-corrected chi connectivity index (χ4v) is 3.76. The predicted octanol–water partition coefficient (Wildman–Crippen LogP) is 5.22. The molecule has 0 saturated heterocycles. The number of nitrogens with one attached hydrogen (secondary N) is 1. The van der Waals surface area contributed by atoms with Crippen LogP contribution in [0.4, 0.5) is 11.6 Å². The van der Waals surface area contributed by atoms with Gasteiger partial charge in [0.1, 0.15) is 10.2 Å². The summed E-state index contributed by atoms with van der Waals surface area (Å²) in [6.07, 6.45) is 1.53. The largest absolute Gasteiger partial charge is 0.480 e. The standard InChI is InChI=1S/C21H17Br2N5O4/c1-10-5-12(8-24)6-11(2)17(10)32-19-15(23)16(20(29)31-4)27-21(28-19)26-13-7-14(22)18(30-3)25-9-13/h5-7,9H,1-4H3,(H,26,27,28). The highest BCUT2D eigenvalue weighted by Gasteiger charge is 2.22. The van der Waals surface area contributed by atoms with E-state index in [9.17, 15) is 4.79 Å². The Hall–Kier alpha value is -3.23. The molecule has 164 valence electrons. The third-order valence-corrected chi connectivity index (χ3v) is 5.53. The summed E-state index contributed by atoms with van der Waals surface area (Å²) in [6.45, 7) is 3.64. The molecule has 0 aliphatic carbocycles. The van der Waals surface area contributed by atoms with Gasteiger partial charge in [-0.2, -0.15) is 10.2 Å². The minimum atomic E-state index is -0.672. The maximum absolute atomic E-state index is 12.3.